The van der Waals surface area contributed by atoms with Gasteiger partial charge < -0.3 is 14.8 Å². The Hall–Kier alpha value is -2.82. The largest absolute Gasteiger partial charge is 0.457 e. The molecule has 0 atom stereocenters. The lowest BCUT2D eigenvalue weighted by molar-refractivity contribution is -0.149. The van der Waals surface area contributed by atoms with Crippen molar-refractivity contribution in [3.63, 3.8) is 0 Å². The molecule has 0 radical (unpaired) electrons. The molecule has 2 aromatic carbocycles. The van der Waals surface area contributed by atoms with Crippen molar-refractivity contribution < 1.29 is 19.1 Å². The maximum Gasteiger partial charge on any atom is 0.318 e. The Kier molecular flexibility index (Phi) is 5.89. The molecule has 0 bridgehead atoms. The first kappa shape index (κ1) is 18.0. The van der Waals surface area contributed by atoms with Crippen LogP contribution in [0.15, 0.2) is 48.5 Å². The molecule has 0 saturated carbocycles. The van der Waals surface area contributed by atoms with E-state index in [1.807, 2.05) is 48.5 Å². The quantitative estimate of drug-likeness (QED) is 0.608. The van der Waals surface area contributed by atoms with Gasteiger partial charge in [-0.2, -0.15) is 0 Å². The summed E-state index contributed by atoms with van der Waals surface area (Å²) in [7, 11) is 0. The van der Waals surface area contributed by atoms with Crippen LogP contribution in [0.5, 0.6) is 11.5 Å². The number of carbonyl (C=O) groups is 2. The number of nitrogens with one attached hydrogen (secondary N) is 1. The van der Waals surface area contributed by atoms with Crippen molar-refractivity contribution in [2.45, 2.75) is 32.1 Å². The van der Waals surface area contributed by atoms with E-state index >= 15 is 0 Å². The molecule has 1 N–H and O–H groups in total. The van der Waals surface area contributed by atoms with Crippen LogP contribution in [0.4, 0.5) is 0 Å². The Morgan fingerprint density at radius 1 is 1.00 bits per heavy atom. The van der Waals surface area contributed by atoms with Gasteiger partial charge in [-0.25, -0.2) is 0 Å². The number of fused-ring (bicyclic) bond motifs is 2. The van der Waals surface area contributed by atoms with Crippen molar-refractivity contribution in [2.24, 2.45) is 0 Å². The van der Waals surface area contributed by atoms with Crippen molar-refractivity contribution in [2.75, 3.05) is 13.2 Å². The molecule has 26 heavy (non-hydrogen) atoms. The number of unbranched alkanes of at least 4 members (excludes halogenated alkanes) is 2. The maximum atomic E-state index is 12.7. The normalized spacial score (nSPS) is 12.5. The SMILES string of the molecule is CCCCCNC(=O)COC(=O)C1c2ccccc2Oc2ccccc21. The molecular weight excluding hydrogens is 330 g/mol. The molecule has 0 fully saturated rings. The number of esters is 1. The number of carbonyl (C=O) groups excluding carboxylic acids is 2. The third-order valence-electron chi connectivity index (χ3n) is 4.36. The number of benzene rings is 2. The molecule has 5 heteroatoms. The summed E-state index contributed by atoms with van der Waals surface area (Å²) < 4.78 is 11.2. The van der Waals surface area contributed by atoms with Crippen LogP contribution in [0.1, 0.15) is 43.2 Å². The average Bonchev–Trinajstić information content (AvgIpc) is 2.67. The summed E-state index contributed by atoms with van der Waals surface area (Å²) >= 11 is 0. The Morgan fingerprint density at radius 2 is 1.62 bits per heavy atom. The molecule has 0 aliphatic carbocycles. The van der Waals surface area contributed by atoms with E-state index in [2.05, 4.69) is 12.2 Å². The third-order valence-corrected chi connectivity index (χ3v) is 4.36. The predicted octanol–water partition coefficient (Wildman–Crippen LogP) is 3.77. The van der Waals surface area contributed by atoms with Crippen molar-refractivity contribution in [1.82, 2.24) is 5.32 Å². The standard InChI is InChI=1S/C21H23NO4/c1-2-3-8-13-22-19(23)14-25-21(24)20-15-9-4-6-11-17(15)26-18-12-7-5-10-16(18)20/h4-7,9-12,20H,2-3,8,13-14H2,1H3,(H,22,23). The summed E-state index contributed by atoms with van der Waals surface area (Å²) in [5.74, 6) is -0.0432. The van der Waals surface area contributed by atoms with Crippen LogP contribution in [-0.2, 0) is 14.3 Å². The molecule has 2 aromatic rings. The highest BCUT2D eigenvalue weighted by Gasteiger charge is 2.33. The second-order valence-corrected chi connectivity index (χ2v) is 6.28. The first-order valence-corrected chi connectivity index (χ1v) is 8.99. The van der Waals surface area contributed by atoms with Crippen molar-refractivity contribution in [1.29, 1.82) is 0 Å². The highest BCUT2D eigenvalue weighted by molar-refractivity contribution is 5.87. The van der Waals surface area contributed by atoms with Gasteiger partial charge in [-0.3, -0.25) is 9.59 Å². The molecule has 0 unspecified atom stereocenters. The molecule has 0 spiro atoms. The monoisotopic (exact) mass is 353 g/mol. The minimum Gasteiger partial charge on any atom is -0.457 e. The Balaban J connectivity index is 1.68. The van der Waals surface area contributed by atoms with E-state index < -0.39 is 11.9 Å². The number of amides is 1. The fraction of sp³-hybridized carbons (Fsp3) is 0.333. The van der Waals surface area contributed by atoms with E-state index in [1.54, 1.807) is 0 Å². The zero-order chi connectivity index (χ0) is 18.4. The lowest BCUT2D eigenvalue weighted by Crippen LogP contribution is -2.31. The third kappa shape index (κ3) is 4.04. The Morgan fingerprint density at radius 3 is 2.23 bits per heavy atom. The van der Waals surface area contributed by atoms with E-state index in [1.165, 1.54) is 0 Å². The molecule has 1 amide bonds. The second kappa shape index (κ2) is 8.52. The van der Waals surface area contributed by atoms with Crippen LogP contribution in [-0.4, -0.2) is 25.0 Å². The molecule has 0 aromatic heterocycles. The van der Waals surface area contributed by atoms with Gasteiger partial charge in [0.15, 0.2) is 6.61 Å². The van der Waals surface area contributed by atoms with Gasteiger partial charge >= 0.3 is 5.97 Å². The summed E-state index contributed by atoms with van der Waals surface area (Å²) in [4.78, 5) is 24.6. The first-order valence-electron chi connectivity index (χ1n) is 8.99. The summed E-state index contributed by atoms with van der Waals surface area (Å²) in [6.07, 6.45) is 3.08. The second-order valence-electron chi connectivity index (χ2n) is 6.28. The lowest BCUT2D eigenvalue weighted by Gasteiger charge is -2.26. The number of rotatable bonds is 7. The molecule has 3 rings (SSSR count). The number of hydrogen-bond acceptors (Lipinski definition) is 4. The predicted molar refractivity (Wildman–Crippen MR) is 98.3 cm³/mol. The fourth-order valence-electron chi connectivity index (χ4n) is 3.04. The number of hydrogen-bond donors (Lipinski definition) is 1. The van der Waals surface area contributed by atoms with Gasteiger partial charge in [0.2, 0.25) is 0 Å². The van der Waals surface area contributed by atoms with Crippen LogP contribution < -0.4 is 10.1 Å². The van der Waals surface area contributed by atoms with Crippen LogP contribution in [0.2, 0.25) is 0 Å². The van der Waals surface area contributed by atoms with Gasteiger partial charge in [-0.1, -0.05) is 56.2 Å². The van der Waals surface area contributed by atoms with Crippen molar-refractivity contribution in [3.8, 4) is 11.5 Å². The summed E-state index contributed by atoms with van der Waals surface area (Å²) in [5.41, 5.74) is 1.50. The van der Waals surface area contributed by atoms with Crippen LogP contribution in [0, 0.1) is 0 Å². The highest BCUT2D eigenvalue weighted by Crippen LogP contribution is 2.44. The van der Waals surface area contributed by atoms with Gasteiger partial charge in [-0.05, 0) is 18.6 Å². The van der Waals surface area contributed by atoms with Crippen LogP contribution in [0.3, 0.4) is 0 Å². The van der Waals surface area contributed by atoms with Gasteiger partial charge in [0.25, 0.3) is 5.91 Å². The number of para-hydroxylation sites is 2. The van der Waals surface area contributed by atoms with Crippen molar-refractivity contribution >= 4 is 11.9 Å². The lowest BCUT2D eigenvalue weighted by atomic mass is 9.88. The maximum absolute atomic E-state index is 12.7. The number of ether oxygens (including phenoxy) is 2. The average molecular weight is 353 g/mol. The fourth-order valence-corrected chi connectivity index (χ4v) is 3.04. The topological polar surface area (TPSA) is 64.6 Å². The minimum absolute atomic E-state index is 0.271. The van der Waals surface area contributed by atoms with Crippen LogP contribution in [0.25, 0.3) is 0 Å². The van der Waals surface area contributed by atoms with Crippen LogP contribution >= 0.6 is 0 Å². The van der Waals surface area contributed by atoms with Gasteiger partial charge in [0.05, 0.1) is 0 Å². The van der Waals surface area contributed by atoms with E-state index in [-0.39, 0.29) is 12.5 Å². The van der Waals surface area contributed by atoms with Gasteiger partial charge in [0.1, 0.15) is 17.4 Å². The smallest absolute Gasteiger partial charge is 0.318 e. The summed E-state index contributed by atoms with van der Waals surface area (Å²) in [6.45, 7) is 2.44. The Labute approximate surface area is 153 Å². The van der Waals surface area contributed by atoms with E-state index in [4.69, 9.17) is 9.47 Å². The highest BCUT2D eigenvalue weighted by atomic mass is 16.5. The molecular formula is C21H23NO4. The Bertz CT molecular complexity index is 742. The van der Waals surface area contributed by atoms with Gasteiger partial charge in [0, 0.05) is 17.7 Å². The van der Waals surface area contributed by atoms with E-state index in [9.17, 15) is 9.59 Å². The van der Waals surface area contributed by atoms with E-state index in [0.29, 0.717) is 18.0 Å². The summed E-state index contributed by atoms with van der Waals surface area (Å²) in [5, 5.41) is 2.77. The molecule has 0 saturated heterocycles. The molecule has 136 valence electrons. The van der Waals surface area contributed by atoms with Gasteiger partial charge in [-0.15, -0.1) is 0 Å². The zero-order valence-electron chi connectivity index (χ0n) is 14.9. The van der Waals surface area contributed by atoms with E-state index in [0.717, 1.165) is 30.4 Å². The van der Waals surface area contributed by atoms with Crippen molar-refractivity contribution in [3.05, 3.63) is 59.7 Å². The molecule has 5 nitrogen and oxygen atoms in total. The first-order chi connectivity index (χ1) is 12.7. The summed E-state index contributed by atoms with van der Waals surface area (Å²) in [6, 6.07) is 14.8. The zero-order valence-corrected chi connectivity index (χ0v) is 14.9. The molecule has 1 aliphatic heterocycles. The molecule has 1 aliphatic rings. The minimum atomic E-state index is -0.593. The molecule has 1 heterocycles.